The molecule has 0 aliphatic rings. The van der Waals surface area contributed by atoms with Crippen LogP contribution in [0, 0.1) is 0 Å². The van der Waals surface area contributed by atoms with E-state index in [1.54, 1.807) is 4.68 Å². The summed E-state index contributed by atoms with van der Waals surface area (Å²) in [4.78, 5) is 10.4. The number of aromatic nitrogens is 3. The average Bonchev–Trinajstić information content (AvgIpc) is 2.63. The van der Waals surface area contributed by atoms with Crippen molar-refractivity contribution in [2.75, 3.05) is 0 Å². The van der Waals surface area contributed by atoms with E-state index in [4.69, 9.17) is 5.11 Å². The first-order valence-electron chi connectivity index (χ1n) is 5.26. The monoisotopic (exact) mass is 211 g/mol. The van der Waals surface area contributed by atoms with E-state index in [-0.39, 0.29) is 6.42 Å². The minimum absolute atomic E-state index is 0.112. The van der Waals surface area contributed by atoms with E-state index in [0.29, 0.717) is 12.5 Å². The lowest BCUT2D eigenvalue weighted by atomic mass is 10.2. The molecule has 0 aliphatic carbocycles. The van der Waals surface area contributed by atoms with Crippen LogP contribution in [-0.2, 0) is 11.2 Å². The second-order valence-electron chi connectivity index (χ2n) is 3.72. The SMILES string of the molecule is CCCC(C)n1cc(CCC(=O)O)nn1. The van der Waals surface area contributed by atoms with Crippen LogP contribution in [0.15, 0.2) is 6.20 Å². The van der Waals surface area contributed by atoms with Gasteiger partial charge < -0.3 is 5.11 Å². The van der Waals surface area contributed by atoms with Gasteiger partial charge in [-0.25, -0.2) is 4.68 Å². The fourth-order valence-electron chi connectivity index (χ4n) is 1.43. The molecule has 5 heteroatoms. The maximum Gasteiger partial charge on any atom is 0.303 e. The lowest BCUT2D eigenvalue weighted by Crippen LogP contribution is -2.05. The molecule has 0 saturated heterocycles. The van der Waals surface area contributed by atoms with Gasteiger partial charge in [0, 0.05) is 12.6 Å². The normalized spacial score (nSPS) is 12.7. The number of carboxylic acids is 1. The van der Waals surface area contributed by atoms with E-state index in [2.05, 4.69) is 24.2 Å². The Kier molecular flexibility index (Phi) is 4.27. The maximum absolute atomic E-state index is 10.4. The van der Waals surface area contributed by atoms with Crippen molar-refractivity contribution in [1.29, 1.82) is 0 Å². The molecular weight excluding hydrogens is 194 g/mol. The third kappa shape index (κ3) is 3.69. The van der Waals surface area contributed by atoms with Crippen LogP contribution in [0.5, 0.6) is 0 Å². The zero-order chi connectivity index (χ0) is 11.3. The Labute approximate surface area is 89.1 Å². The molecule has 0 spiro atoms. The van der Waals surface area contributed by atoms with Gasteiger partial charge in [-0.15, -0.1) is 5.10 Å². The molecule has 0 amide bonds. The molecule has 1 rings (SSSR count). The Hall–Kier alpha value is -1.39. The molecule has 0 bridgehead atoms. The van der Waals surface area contributed by atoms with E-state index in [1.807, 2.05) is 6.20 Å². The molecule has 0 saturated carbocycles. The highest BCUT2D eigenvalue weighted by atomic mass is 16.4. The van der Waals surface area contributed by atoms with Gasteiger partial charge in [0.2, 0.25) is 0 Å². The summed E-state index contributed by atoms with van der Waals surface area (Å²) in [5.74, 6) is -0.800. The van der Waals surface area contributed by atoms with Gasteiger partial charge >= 0.3 is 5.97 Å². The number of nitrogens with zero attached hydrogens (tertiary/aromatic N) is 3. The van der Waals surface area contributed by atoms with Crippen LogP contribution in [0.1, 0.15) is 44.8 Å². The maximum atomic E-state index is 10.4. The third-order valence-corrected chi connectivity index (χ3v) is 2.31. The van der Waals surface area contributed by atoms with Gasteiger partial charge in [0.05, 0.1) is 18.2 Å². The lowest BCUT2D eigenvalue weighted by Gasteiger charge is -2.08. The van der Waals surface area contributed by atoms with Crippen LogP contribution >= 0.6 is 0 Å². The quantitative estimate of drug-likeness (QED) is 0.777. The summed E-state index contributed by atoms with van der Waals surface area (Å²) in [6.07, 6.45) is 4.56. The molecule has 0 aromatic carbocycles. The Balaban J connectivity index is 2.51. The fourth-order valence-corrected chi connectivity index (χ4v) is 1.43. The van der Waals surface area contributed by atoms with Crippen LogP contribution in [0.25, 0.3) is 0 Å². The highest BCUT2D eigenvalue weighted by Crippen LogP contribution is 2.11. The second kappa shape index (κ2) is 5.48. The molecule has 84 valence electrons. The van der Waals surface area contributed by atoms with Crippen LogP contribution in [0.4, 0.5) is 0 Å². The summed E-state index contributed by atoms with van der Waals surface area (Å²) < 4.78 is 1.81. The highest BCUT2D eigenvalue weighted by Gasteiger charge is 2.08. The summed E-state index contributed by atoms with van der Waals surface area (Å²) >= 11 is 0. The van der Waals surface area contributed by atoms with Crippen molar-refractivity contribution in [2.24, 2.45) is 0 Å². The van der Waals surface area contributed by atoms with Crippen LogP contribution < -0.4 is 0 Å². The average molecular weight is 211 g/mol. The van der Waals surface area contributed by atoms with Crippen molar-refractivity contribution in [2.45, 2.75) is 45.6 Å². The number of aliphatic carboxylic acids is 1. The first-order chi connectivity index (χ1) is 7.13. The van der Waals surface area contributed by atoms with Gasteiger partial charge in [0.1, 0.15) is 0 Å². The predicted molar refractivity (Wildman–Crippen MR) is 55.6 cm³/mol. The first-order valence-corrected chi connectivity index (χ1v) is 5.26. The molecule has 1 N–H and O–H groups in total. The molecule has 0 radical (unpaired) electrons. The molecule has 5 nitrogen and oxygen atoms in total. The predicted octanol–water partition coefficient (Wildman–Crippen LogP) is 1.66. The summed E-state index contributed by atoms with van der Waals surface area (Å²) in [5, 5.41) is 16.4. The zero-order valence-electron chi connectivity index (χ0n) is 9.18. The molecule has 1 unspecified atom stereocenters. The Morgan fingerprint density at radius 3 is 3.00 bits per heavy atom. The smallest absolute Gasteiger partial charge is 0.303 e. The van der Waals surface area contributed by atoms with Crippen LogP contribution in [0.2, 0.25) is 0 Å². The zero-order valence-corrected chi connectivity index (χ0v) is 9.18. The highest BCUT2D eigenvalue weighted by molar-refractivity contribution is 5.66. The van der Waals surface area contributed by atoms with Gasteiger partial charge in [-0.3, -0.25) is 4.79 Å². The van der Waals surface area contributed by atoms with E-state index in [0.717, 1.165) is 18.5 Å². The fraction of sp³-hybridized carbons (Fsp3) is 0.700. The molecular formula is C10H17N3O2. The lowest BCUT2D eigenvalue weighted by molar-refractivity contribution is -0.136. The van der Waals surface area contributed by atoms with Crippen molar-refractivity contribution in [1.82, 2.24) is 15.0 Å². The van der Waals surface area contributed by atoms with E-state index >= 15 is 0 Å². The summed E-state index contributed by atoms with van der Waals surface area (Å²) in [6.45, 7) is 4.21. The minimum atomic E-state index is -0.800. The Morgan fingerprint density at radius 1 is 1.67 bits per heavy atom. The molecule has 1 aromatic heterocycles. The molecule has 1 atom stereocenters. The van der Waals surface area contributed by atoms with E-state index in [9.17, 15) is 4.79 Å². The standard InChI is InChI=1S/C10H17N3O2/c1-3-4-8(2)13-7-9(11-12-13)5-6-10(14)15/h7-8H,3-6H2,1-2H3,(H,14,15). The molecule has 1 aromatic rings. The number of carbonyl (C=O) groups is 1. The van der Waals surface area contributed by atoms with Crippen molar-refractivity contribution in [3.05, 3.63) is 11.9 Å². The van der Waals surface area contributed by atoms with Crippen molar-refractivity contribution >= 4 is 5.97 Å². The largest absolute Gasteiger partial charge is 0.481 e. The molecule has 0 fully saturated rings. The van der Waals surface area contributed by atoms with E-state index < -0.39 is 5.97 Å². The Bertz CT molecular complexity index is 322. The summed E-state index contributed by atoms with van der Waals surface area (Å²) in [7, 11) is 0. The van der Waals surface area contributed by atoms with Crippen LogP contribution in [-0.4, -0.2) is 26.1 Å². The molecule has 1 heterocycles. The first kappa shape index (κ1) is 11.7. The van der Waals surface area contributed by atoms with Crippen molar-refractivity contribution < 1.29 is 9.90 Å². The molecule has 15 heavy (non-hydrogen) atoms. The van der Waals surface area contributed by atoms with E-state index in [1.165, 1.54) is 0 Å². The number of carboxylic acid groups (broad SMARTS) is 1. The topological polar surface area (TPSA) is 68.0 Å². The summed E-state index contributed by atoms with van der Waals surface area (Å²) in [5.41, 5.74) is 0.750. The second-order valence-corrected chi connectivity index (χ2v) is 3.72. The number of hydrogen-bond donors (Lipinski definition) is 1. The Morgan fingerprint density at radius 2 is 2.40 bits per heavy atom. The van der Waals surface area contributed by atoms with Gasteiger partial charge in [0.15, 0.2) is 0 Å². The van der Waals surface area contributed by atoms with Gasteiger partial charge in [-0.2, -0.15) is 0 Å². The van der Waals surface area contributed by atoms with Crippen LogP contribution in [0.3, 0.4) is 0 Å². The van der Waals surface area contributed by atoms with Crippen molar-refractivity contribution in [3.63, 3.8) is 0 Å². The van der Waals surface area contributed by atoms with Gasteiger partial charge in [-0.05, 0) is 13.3 Å². The molecule has 0 aliphatic heterocycles. The number of aryl methyl sites for hydroxylation is 1. The van der Waals surface area contributed by atoms with Crippen molar-refractivity contribution in [3.8, 4) is 0 Å². The van der Waals surface area contributed by atoms with Gasteiger partial charge in [-0.1, -0.05) is 18.6 Å². The van der Waals surface area contributed by atoms with Gasteiger partial charge in [0.25, 0.3) is 0 Å². The number of rotatable bonds is 6. The third-order valence-electron chi connectivity index (χ3n) is 2.31. The number of hydrogen-bond acceptors (Lipinski definition) is 3. The summed E-state index contributed by atoms with van der Waals surface area (Å²) in [6, 6.07) is 0.334. The minimum Gasteiger partial charge on any atom is -0.481 e.